The molecular weight excluding hydrogens is 536 g/mol. The van der Waals surface area contributed by atoms with E-state index in [1.807, 2.05) is 12.3 Å². The lowest BCUT2D eigenvalue weighted by molar-refractivity contribution is 1.02. The highest BCUT2D eigenvalue weighted by atomic mass is 15.1. The van der Waals surface area contributed by atoms with E-state index in [1.54, 1.807) is 0 Å². The quantitative estimate of drug-likeness (QED) is 0.197. The summed E-state index contributed by atoms with van der Waals surface area (Å²) in [4.78, 5) is 10.3. The first-order valence-corrected chi connectivity index (χ1v) is 14.9. The molecule has 0 saturated carbocycles. The Morgan fingerprint density at radius 2 is 1.00 bits per heavy atom. The van der Waals surface area contributed by atoms with Crippen LogP contribution in [0.2, 0.25) is 0 Å². The van der Waals surface area contributed by atoms with Crippen molar-refractivity contribution in [3.8, 4) is 11.6 Å². The number of para-hydroxylation sites is 2. The third kappa shape index (κ3) is 3.06. The third-order valence-corrected chi connectivity index (χ3v) is 9.13. The zero-order valence-corrected chi connectivity index (χ0v) is 23.6. The van der Waals surface area contributed by atoms with Crippen molar-refractivity contribution in [2.24, 2.45) is 0 Å². The fraction of sp³-hybridized carbons (Fsp3) is 0. The minimum atomic E-state index is 0.876. The Bertz CT molecular complexity index is 2780. The topological polar surface area (TPSA) is 35.6 Å². The SMILES string of the molecule is c1cc(-n2c3ccccc3c3c4ccccc4ccc32)nc(-n2c3ccccc3c3c4ccccc4c4ncccc4c32)c1. The predicted molar refractivity (Wildman–Crippen MR) is 183 cm³/mol. The Kier molecular flexibility index (Phi) is 4.69. The van der Waals surface area contributed by atoms with E-state index < -0.39 is 0 Å². The van der Waals surface area contributed by atoms with E-state index in [9.17, 15) is 0 Å². The van der Waals surface area contributed by atoms with Gasteiger partial charge in [-0.2, -0.15) is 0 Å². The van der Waals surface area contributed by atoms with E-state index in [-0.39, 0.29) is 0 Å². The number of rotatable bonds is 2. The maximum Gasteiger partial charge on any atom is 0.140 e. The molecule has 0 spiro atoms. The Morgan fingerprint density at radius 3 is 1.82 bits per heavy atom. The van der Waals surface area contributed by atoms with Gasteiger partial charge < -0.3 is 0 Å². The van der Waals surface area contributed by atoms with E-state index in [0.29, 0.717) is 0 Å². The Hall–Kier alpha value is -6.00. The second-order valence-corrected chi connectivity index (χ2v) is 11.4. The predicted octanol–water partition coefficient (Wildman–Crippen LogP) is 10.1. The van der Waals surface area contributed by atoms with Crippen LogP contribution in [0.15, 0.2) is 146 Å². The monoisotopic (exact) mass is 560 g/mol. The van der Waals surface area contributed by atoms with Gasteiger partial charge in [0.2, 0.25) is 0 Å². The first-order chi connectivity index (χ1) is 21.9. The molecule has 6 aromatic carbocycles. The van der Waals surface area contributed by atoms with Gasteiger partial charge in [0.25, 0.3) is 0 Å². The molecular formula is C40H24N4. The highest BCUT2D eigenvalue weighted by Crippen LogP contribution is 2.42. The first-order valence-electron chi connectivity index (χ1n) is 14.9. The van der Waals surface area contributed by atoms with Crippen molar-refractivity contribution < 1.29 is 0 Å². The molecule has 0 aliphatic carbocycles. The molecule has 4 aromatic heterocycles. The number of nitrogens with zero attached hydrogens (tertiary/aromatic N) is 4. The normalized spacial score (nSPS) is 12.1. The molecule has 0 N–H and O–H groups in total. The van der Waals surface area contributed by atoms with Crippen LogP contribution < -0.4 is 0 Å². The van der Waals surface area contributed by atoms with Gasteiger partial charge in [-0.05, 0) is 58.6 Å². The van der Waals surface area contributed by atoms with Gasteiger partial charge in [0.1, 0.15) is 11.6 Å². The molecule has 0 aliphatic heterocycles. The maximum atomic E-state index is 5.43. The van der Waals surface area contributed by atoms with Crippen LogP contribution in [-0.4, -0.2) is 19.1 Å². The van der Waals surface area contributed by atoms with Crippen molar-refractivity contribution >= 4 is 76.1 Å². The molecule has 0 fully saturated rings. The van der Waals surface area contributed by atoms with Crippen LogP contribution in [0.4, 0.5) is 0 Å². The molecule has 0 aliphatic rings. The summed E-state index contributed by atoms with van der Waals surface area (Å²) in [5.41, 5.74) is 5.56. The molecule has 0 bridgehead atoms. The van der Waals surface area contributed by atoms with E-state index in [0.717, 1.165) is 50.0 Å². The van der Waals surface area contributed by atoms with E-state index in [2.05, 4.69) is 143 Å². The van der Waals surface area contributed by atoms with Gasteiger partial charge in [0.05, 0.1) is 27.6 Å². The fourth-order valence-corrected chi connectivity index (χ4v) is 7.37. The second-order valence-electron chi connectivity index (χ2n) is 11.4. The lowest BCUT2D eigenvalue weighted by atomic mass is 10.00. The number of pyridine rings is 2. The number of aromatic nitrogens is 4. The van der Waals surface area contributed by atoms with Gasteiger partial charge in [0.15, 0.2) is 0 Å². The van der Waals surface area contributed by atoms with Crippen LogP contribution in [0.25, 0.3) is 87.7 Å². The maximum absolute atomic E-state index is 5.43. The molecule has 4 heteroatoms. The standard InChI is InChI=1S/C40H24N4/c1-2-12-26-25(11-1)22-23-34-37(26)29-15-5-7-18-32(29)43(34)35-20-9-21-36(42-35)44-33-19-8-6-16-30(33)38-27-13-3-4-14-28(27)39-31(40(38)44)17-10-24-41-39/h1-24H. The first kappa shape index (κ1) is 23.6. The lowest BCUT2D eigenvalue weighted by Gasteiger charge is -2.13. The molecule has 0 amide bonds. The number of fused-ring (bicyclic) bond motifs is 13. The van der Waals surface area contributed by atoms with Crippen LogP contribution in [0.5, 0.6) is 0 Å². The fourth-order valence-electron chi connectivity index (χ4n) is 7.37. The number of benzene rings is 6. The minimum absolute atomic E-state index is 0.876. The van der Waals surface area contributed by atoms with Gasteiger partial charge in [-0.1, -0.05) is 97.1 Å². The van der Waals surface area contributed by atoms with Crippen LogP contribution in [0.3, 0.4) is 0 Å². The van der Waals surface area contributed by atoms with Gasteiger partial charge in [-0.25, -0.2) is 4.98 Å². The van der Waals surface area contributed by atoms with Crippen molar-refractivity contribution in [1.82, 2.24) is 19.1 Å². The van der Waals surface area contributed by atoms with Gasteiger partial charge in [0, 0.05) is 38.5 Å². The summed E-state index contributed by atoms with van der Waals surface area (Å²) in [5.74, 6) is 1.76. The zero-order chi connectivity index (χ0) is 28.8. The average Bonchev–Trinajstić information content (AvgIpc) is 3.63. The summed E-state index contributed by atoms with van der Waals surface area (Å²) in [6, 6.07) is 49.6. The van der Waals surface area contributed by atoms with Crippen LogP contribution in [-0.2, 0) is 0 Å². The summed E-state index contributed by atoms with van der Waals surface area (Å²) < 4.78 is 4.64. The Morgan fingerprint density at radius 1 is 0.386 bits per heavy atom. The largest absolute Gasteiger partial charge is 0.294 e. The number of hydrogen-bond acceptors (Lipinski definition) is 2. The molecule has 4 heterocycles. The highest BCUT2D eigenvalue weighted by molar-refractivity contribution is 6.31. The van der Waals surface area contributed by atoms with Gasteiger partial charge in [-0.3, -0.25) is 14.1 Å². The van der Waals surface area contributed by atoms with Gasteiger partial charge >= 0.3 is 0 Å². The average molecular weight is 561 g/mol. The van der Waals surface area contributed by atoms with Crippen LogP contribution >= 0.6 is 0 Å². The summed E-state index contributed by atoms with van der Waals surface area (Å²) in [6.45, 7) is 0. The van der Waals surface area contributed by atoms with Crippen molar-refractivity contribution in [2.45, 2.75) is 0 Å². The molecule has 10 rings (SSSR count). The van der Waals surface area contributed by atoms with Crippen molar-refractivity contribution in [2.75, 3.05) is 0 Å². The minimum Gasteiger partial charge on any atom is -0.294 e. The lowest BCUT2D eigenvalue weighted by Crippen LogP contribution is -2.03. The summed E-state index contributed by atoms with van der Waals surface area (Å²) in [5, 5.41) is 10.9. The van der Waals surface area contributed by atoms with E-state index >= 15 is 0 Å². The third-order valence-electron chi connectivity index (χ3n) is 9.13. The molecule has 0 atom stereocenters. The molecule has 4 nitrogen and oxygen atoms in total. The molecule has 0 unspecified atom stereocenters. The molecule has 0 radical (unpaired) electrons. The number of hydrogen-bond donors (Lipinski definition) is 0. The van der Waals surface area contributed by atoms with Crippen LogP contribution in [0.1, 0.15) is 0 Å². The summed E-state index contributed by atoms with van der Waals surface area (Å²) >= 11 is 0. The van der Waals surface area contributed by atoms with E-state index in [1.165, 1.54) is 37.7 Å². The molecule has 10 aromatic rings. The highest BCUT2D eigenvalue weighted by Gasteiger charge is 2.21. The molecule has 44 heavy (non-hydrogen) atoms. The van der Waals surface area contributed by atoms with Gasteiger partial charge in [-0.15, -0.1) is 0 Å². The zero-order valence-electron chi connectivity index (χ0n) is 23.6. The smallest absolute Gasteiger partial charge is 0.140 e. The van der Waals surface area contributed by atoms with Crippen LogP contribution in [0, 0.1) is 0 Å². The second kappa shape index (κ2) is 8.76. The Balaban J connectivity index is 1.34. The van der Waals surface area contributed by atoms with Crippen molar-refractivity contribution in [3.63, 3.8) is 0 Å². The van der Waals surface area contributed by atoms with E-state index in [4.69, 9.17) is 9.97 Å². The molecule has 0 saturated heterocycles. The Labute approximate surface area is 252 Å². The summed E-state index contributed by atoms with van der Waals surface area (Å²) in [6.07, 6.45) is 1.89. The van der Waals surface area contributed by atoms with Crippen molar-refractivity contribution in [3.05, 3.63) is 146 Å². The van der Waals surface area contributed by atoms with Crippen molar-refractivity contribution in [1.29, 1.82) is 0 Å². The molecule has 204 valence electrons. The summed E-state index contributed by atoms with van der Waals surface area (Å²) in [7, 11) is 0.